The molecule has 0 aliphatic heterocycles. The van der Waals surface area contributed by atoms with Crippen molar-refractivity contribution in [2.24, 2.45) is 0 Å². The number of pyridine rings is 1. The smallest absolute Gasteiger partial charge is 0.321 e. The van der Waals surface area contributed by atoms with Crippen LogP contribution in [0.3, 0.4) is 0 Å². The van der Waals surface area contributed by atoms with E-state index in [1.54, 1.807) is 12.4 Å². The Morgan fingerprint density at radius 2 is 1.50 bits per heavy atom. The molecule has 6 heteroatoms. The summed E-state index contributed by atoms with van der Waals surface area (Å²) < 4.78 is 0. The molecule has 5 nitrogen and oxygen atoms in total. The minimum Gasteiger partial charge on any atom is -0.481 e. The van der Waals surface area contributed by atoms with E-state index in [2.05, 4.69) is 4.98 Å². The SMILES string of the molecule is CC(=O)O.CC(Cl)C(=O)O.c1ccncc1. The second kappa shape index (κ2) is 11.5. The van der Waals surface area contributed by atoms with Crippen LogP contribution in [-0.4, -0.2) is 32.5 Å². The highest BCUT2D eigenvalue weighted by Crippen LogP contribution is 1.89. The van der Waals surface area contributed by atoms with Crippen molar-refractivity contribution in [3.8, 4) is 0 Å². The normalized spacial score (nSPS) is 9.69. The largest absolute Gasteiger partial charge is 0.481 e. The van der Waals surface area contributed by atoms with Gasteiger partial charge in [-0.25, -0.2) is 0 Å². The average molecular weight is 248 g/mol. The van der Waals surface area contributed by atoms with Gasteiger partial charge in [-0.2, -0.15) is 0 Å². The topological polar surface area (TPSA) is 87.5 Å². The number of carboxylic acid groups (broad SMARTS) is 2. The van der Waals surface area contributed by atoms with Crippen LogP contribution < -0.4 is 0 Å². The summed E-state index contributed by atoms with van der Waals surface area (Å²) in [6, 6.07) is 5.72. The summed E-state index contributed by atoms with van der Waals surface area (Å²) in [5, 5.41) is 14.5. The average Bonchev–Trinajstić information content (AvgIpc) is 2.20. The first-order valence-corrected chi connectivity index (χ1v) is 4.73. The van der Waals surface area contributed by atoms with Crippen LogP contribution in [0, 0.1) is 0 Å². The third-order valence-electron chi connectivity index (χ3n) is 0.907. The van der Waals surface area contributed by atoms with Crippen LogP contribution in [0.5, 0.6) is 0 Å². The summed E-state index contributed by atoms with van der Waals surface area (Å²) >= 11 is 5.01. The van der Waals surface area contributed by atoms with Gasteiger partial charge in [-0.1, -0.05) is 6.07 Å². The minimum absolute atomic E-state index is 0.759. The van der Waals surface area contributed by atoms with Gasteiger partial charge in [-0.05, 0) is 19.1 Å². The summed E-state index contributed by atoms with van der Waals surface area (Å²) in [4.78, 5) is 22.4. The molecule has 0 saturated heterocycles. The van der Waals surface area contributed by atoms with Crippen molar-refractivity contribution >= 4 is 23.5 Å². The van der Waals surface area contributed by atoms with E-state index < -0.39 is 17.3 Å². The minimum atomic E-state index is -0.975. The molecule has 1 unspecified atom stereocenters. The maximum atomic E-state index is 9.57. The Morgan fingerprint density at radius 3 is 1.56 bits per heavy atom. The molecule has 2 N–H and O–H groups in total. The lowest BCUT2D eigenvalue weighted by molar-refractivity contribution is -0.136. The predicted octanol–water partition coefficient (Wildman–Crippen LogP) is 1.87. The van der Waals surface area contributed by atoms with Crippen molar-refractivity contribution in [2.45, 2.75) is 19.2 Å². The van der Waals surface area contributed by atoms with E-state index >= 15 is 0 Å². The zero-order valence-electron chi connectivity index (χ0n) is 9.00. The van der Waals surface area contributed by atoms with Crippen LogP contribution in [0.25, 0.3) is 0 Å². The van der Waals surface area contributed by atoms with E-state index in [1.807, 2.05) is 18.2 Å². The molecule has 1 aromatic rings. The number of hydrogen-bond acceptors (Lipinski definition) is 3. The van der Waals surface area contributed by atoms with Crippen LogP contribution in [0.1, 0.15) is 13.8 Å². The Bertz CT molecular complexity index is 259. The maximum absolute atomic E-state index is 9.57. The maximum Gasteiger partial charge on any atom is 0.321 e. The molecule has 0 saturated carbocycles. The van der Waals surface area contributed by atoms with E-state index in [1.165, 1.54) is 6.92 Å². The monoisotopic (exact) mass is 247 g/mol. The highest BCUT2D eigenvalue weighted by atomic mass is 35.5. The van der Waals surface area contributed by atoms with Gasteiger partial charge in [0.2, 0.25) is 0 Å². The zero-order valence-corrected chi connectivity index (χ0v) is 9.76. The van der Waals surface area contributed by atoms with Gasteiger partial charge < -0.3 is 10.2 Å². The van der Waals surface area contributed by atoms with Crippen molar-refractivity contribution in [1.82, 2.24) is 4.98 Å². The fourth-order valence-corrected chi connectivity index (χ4v) is 0.313. The van der Waals surface area contributed by atoms with Gasteiger partial charge in [0.25, 0.3) is 5.97 Å². The number of carbonyl (C=O) groups is 2. The van der Waals surface area contributed by atoms with E-state index in [0.717, 1.165) is 6.92 Å². The number of aliphatic carboxylic acids is 2. The Hall–Kier alpha value is -1.62. The third-order valence-corrected chi connectivity index (χ3v) is 1.09. The second-order valence-corrected chi connectivity index (χ2v) is 3.15. The van der Waals surface area contributed by atoms with Gasteiger partial charge >= 0.3 is 5.97 Å². The Kier molecular flexibility index (Phi) is 12.0. The Morgan fingerprint density at radius 1 is 1.19 bits per heavy atom. The molecule has 16 heavy (non-hydrogen) atoms. The lowest BCUT2D eigenvalue weighted by Crippen LogP contribution is -2.06. The number of alkyl halides is 1. The van der Waals surface area contributed by atoms with Crippen molar-refractivity contribution in [2.75, 3.05) is 0 Å². The van der Waals surface area contributed by atoms with Crippen molar-refractivity contribution in [3.05, 3.63) is 30.6 Å². The fraction of sp³-hybridized carbons (Fsp3) is 0.300. The summed E-state index contributed by atoms with van der Waals surface area (Å²) in [7, 11) is 0. The van der Waals surface area contributed by atoms with E-state index in [0.29, 0.717) is 0 Å². The first-order chi connectivity index (χ1) is 7.37. The van der Waals surface area contributed by atoms with Crippen molar-refractivity contribution in [3.63, 3.8) is 0 Å². The van der Waals surface area contributed by atoms with Crippen LogP contribution >= 0.6 is 11.6 Å². The van der Waals surface area contributed by atoms with Crippen LogP contribution in [0.2, 0.25) is 0 Å². The molecule has 1 aromatic heterocycles. The molecule has 0 spiro atoms. The lowest BCUT2D eigenvalue weighted by Gasteiger charge is -1.86. The molecule has 1 heterocycles. The van der Waals surface area contributed by atoms with Gasteiger partial charge in [-0.3, -0.25) is 14.6 Å². The first-order valence-electron chi connectivity index (χ1n) is 4.29. The summed E-state index contributed by atoms with van der Waals surface area (Å²) in [6.07, 6.45) is 3.50. The quantitative estimate of drug-likeness (QED) is 0.740. The Balaban J connectivity index is 0. The number of hydrogen-bond donors (Lipinski definition) is 2. The second-order valence-electron chi connectivity index (χ2n) is 2.50. The van der Waals surface area contributed by atoms with Crippen molar-refractivity contribution in [1.29, 1.82) is 0 Å². The molecule has 0 fully saturated rings. The molecule has 90 valence electrons. The molecule has 0 aromatic carbocycles. The molecule has 0 radical (unpaired) electrons. The predicted molar refractivity (Wildman–Crippen MR) is 60.5 cm³/mol. The molecule has 1 atom stereocenters. The van der Waals surface area contributed by atoms with Crippen LogP contribution in [0.4, 0.5) is 0 Å². The summed E-state index contributed by atoms with van der Waals surface area (Å²) in [5.74, 6) is -1.81. The van der Waals surface area contributed by atoms with E-state index in [9.17, 15) is 4.79 Å². The molecule has 1 rings (SSSR count). The molecule has 0 amide bonds. The molecular weight excluding hydrogens is 234 g/mol. The molecular formula is C10H14ClNO4. The fourth-order valence-electron chi connectivity index (χ4n) is 0.313. The molecule has 0 bridgehead atoms. The van der Waals surface area contributed by atoms with Gasteiger partial charge in [0.15, 0.2) is 0 Å². The van der Waals surface area contributed by atoms with E-state index in [4.69, 9.17) is 26.6 Å². The first kappa shape index (κ1) is 16.8. The van der Waals surface area contributed by atoms with Gasteiger partial charge in [-0.15, -0.1) is 11.6 Å². The lowest BCUT2D eigenvalue weighted by atomic mass is 10.5. The number of rotatable bonds is 1. The highest BCUT2D eigenvalue weighted by Gasteiger charge is 2.02. The Labute approximate surface area is 98.7 Å². The number of carboxylic acids is 2. The number of aromatic nitrogens is 1. The van der Waals surface area contributed by atoms with Crippen LogP contribution in [-0.2, 0) is 9.59 Å². The number of halogens is 1. The number of nitrogens with zero attached hydrogens (tertiary/aromatic N) is 1. The zero-order chi connectivity index (χ0) is 13.0. The molecule has 0 aliphatic carbocycles. The highest BCUT2D eigenvalue weighted by molar-refractivity contribution is 6.29. The van der Waals surface area contributed by atoms with Crippen LogP contribution in [0.15, 0.2) is 30.6 Å². The van der Waals surface area contributed by atoms with Crippen molar-refractivity contribution < 1.29 is 19.8 Å². The van der Waals surface area contributed by atoms with Gasteiger partial charge in [0.05, 0.1) is 0 Å². The summed E-state index contributed by atoms with van der Waals surface area (Å²) in [5.41, 5.74) is 0. The van der Waals surface area contributed by atoms with Gasteiger partial charge in [0.1, 0.15) is 5.38 Å². The van der Waals surface area contributed by atoms with Gasteiger partial charge in [0, 0.05) is 19.3 Å². The molecule has 0 aliphatic rings. The standard InChI is InChI=1S/C5H5N.C3H5ClO2.C2H4O2/c1-2-4-6-5-3-1;1-2(4)3(5)6;1-2(3)4/h1-5H;2H,1H3,(H,5,6);1H3,(H,3,4). The van der Waals surface area contributed by atoms with E-state index in [-0.39, 0.29) is 0 Å². The summed E-state index contributed by atoms with van der Waals surface area (Å²) in [6.45, 7) is 2.49. The third kappa shape index (κ3) is 22.8.